The third-order valence-electron chi connectivity index (χ3n) is 3.28. The lowest BCUT2D eigenvalue weighted by atomic mass is 10.2. The number of carbonyl (C=O) groups is 1. The van der Waals surface area contributed by atoms with Gasteiger partial charge in [0.05, 0.1) is 6.04 Å². The number of aryl methyl sites for hydroxylation is 2. The van der Waals surface area contributed by atoms with Crippen molar-refractivity contribution < 1.29 is 4.79 Å². The van der Waals surface area contributed by atoms with Crippen LogP contribution in [0.2, 0.25) is 0 Å². The van der Waals surface area contributed by atoms with E-state index in [0.29, 0.717) is 5.82 Å². The molecule has 0 aliphatic heterocycles. The first-order valence-electron chi connectivity index (χ1n) is 6.39. The number of aromatic nitrogens is 3. The molecule has 6 nitrogen and oxygen atoms in total. The van der Waals surface area contributed by atoms with E-state index in [1.54, 1.807) is 25.4 Å². The molecule has 1 unspecified atom stereocenters. The molecule has 2 rings (SSSR count). The monoisotopic (exact) mass is 274 g/mol. The SMILES string of the molecule is Cc1cnc(C(C)NC(=O)c2ccc(C)n(C)c2=O)[nH]1. The van der Waals surface area contributed by atoms with E-state index < -0.39 is 5.91 Å². The average molecular weight is 274 g/mol. The second kappa shape index (κ2) is 5.32. The van der Waals surface area contributed by atoms with Crippen LogP contribution in [-0.4, -0.2) is 20.4 Å². The van der Waals surface area contributed by atoms with E-state index in [1.807, 2.05) is 20.8 Å². The minimum Gasteiger partial charge on any atom is -0.344 e. The van der Waals surface area contributed by atoms with E-state index in [9.17, 15) is 9.59 Å². The van der Waals surface area contributed by atoms with E-state index in [-0.39, 0.29) is 17.2 Å². The summed E-state index contributed by atoms with van der Waals surface area (Å²) in [5.74, 6) is 0.270. The Labute approximate surface area is 116 Å². The van der Waals surface area contributed by atoms with Crippen molar-refractivity contribution in [2.45, 2.75) is 26.8 Å². The van der Waals surface area contributed by atoms with Gasteiger partial charge < -0.3 is 14.9 Å². The summed E-state index contributed by atoms with van der Waals surface area (Å²) in [6, 6.07) is 3.01. The highest BCUT2D eigenvalue weighted by molar-refractivity contribution is 5.94. The lowest BCUT2D eigenvalue weighted by Crippen LogP contribution is -2.34. The quantitative estimate of drug-likeness (QED) is 0.883. The van der Waals surface area contributed by atoms with Crippen molar-refractivity contribution in [3.05, 3.63) is 51.5 Å². The molecule has 0 radical (unpaired) electrons. The van der Waals surface area contributed by atoms with Gasteiger partial charge in [0.1, 0.15) is 11.4 Å². The second-order valence-electron chi connectivity index (χ2n) is 4.90. The number of nitrogens with one attached hydrogen (secondary N) is 2. The Hall–Kier alpha value is -2.37. The van der Waals surface area contributed by atoms with Crippen LogP contribution >= 0.6 is 0 Å². The predicted octanol–water partition coefficient (Wildman–Crippen LogP) is 1.22. The molecule has 6 heteroatoms. The number of hydrogen-bond acceptors (Lipinski definition) is 3. The minimum absolute atomic E-state index is 0.133. The summed E-state index contributed by atoms with van der Waals surface area (Å²) >= 11 is 0. The molecule has 0 saturated carbocycles. The van der Waals surface area contributed by atoms with Crippen molar-refractivity contribution in [3.8, 4) is 0 Å². The Kier molecular flexibility index (Phi) is 3.74. The smallest absolute Gasteiger partial charge is 0.263 e. The van der Waals surface area contributed by atoms with E-state index in [0.717, 1.165) is 11.4 Å². The van der Waals surface area contributed by atoms with Gasteiger partial charge in [0.15, 0.2) is 0 Å². The van der Waals surface area contributed by atoms with Crippen molar-refractivity contribution in [1.29, 1.82) is 0 Å². The second-order valence-corrected chi connectivity index (χ2v) is 4.90. The van der Waals surface area contributed by atoms with Crippen molar-refractivity contribution in [2.24, 2.45) is 7.05 Å². The van der Waals surface area contributed by atoms with Gasteiger partial charge >= 0.3 is 0 Å². The maximum atomic E-state index is 12.2. The fourth-order valence-electron chi connectivity index (χ4n) is 1.90. The van der Waals surface area contributed by atoms with Gasteiger partial charge in [0.25, 0.3) is 11.5 Å². The highest BCUT2D eigenvalue weighted by atomic mass is 16.2. The molecule has 2 aromatic heterocycles. The number of H-pyrrole nitrogens is 1. The van der Waals surface area contributed by atoms with E-state index in [2.05, 4.69) is 15.3 Å². The molecule has 1 atom stereocenters. The third kappa shape index (κ3) is 2.64. The summed E-state index contributed by atoms with van der Waals surface area (Å²) in [6.07, 6.45) is 1.70. The molecule has 0 aliphatic rings. The van der Waals surface area contributed by atoms with Gasteiger partial charge in [-0.3, -0.25) is 9.59 Å². The van der Waals surface area contributed by atoms with Crippen LogP contribution in [0, 0.1) is 13.8 Å². The number of imidazole rings is 1. The van der Waals surface area contributed by atoms with E-state index in [4.69, 9.17) is 0 Å². The Morgan fingerprint density at radius 2 is 2.10 bits per heavy atom. The molecule has 0 saturated heterocycles. The highest BCUT2D eigenvalue weighted by Crippen LogP contribution is 2.08. The lowest BCUT2D eigenvalue weighted by Gasteiger charge is -2.12. The van der Waals surface area contributed by atoms with Gasteiger partial charge in [0.2, 0.25) is 0 Å². The number of amides is 1. The van der Waals surface area contributed by atoms with Crippen LogP contribution < -0.4 is 10.9 Å². The maximum absolute atomic E-state index is 12.2. The zero-order chi connectivity index (χ0) is 14.9. The Balaban J connectivity index is 2.21. The van der Waals surface area contributed by atoms with E-state index >= 15 is 0 Å². The van der Waals surface area contributed by atoms with Crippen LogP contribution in [0.4, 0.5) is 0 Å². The first-order chi connectivity index (χ1) is 9.40. The molecule has 0 bridgehead atoms. The molecule has 2 heterocycles. The van der Waals surface area contributed by atoms with Crippen LogP contribution in [0.5, 0.6) is 0 Å². The van der Waals surface area contributed by atoms with Crippen LogP contribution in [0.3, 0.4) is 0 Å². The molecule has 2 N–H and O–H groups in total. The molecule has 20 heavy (non-hydrogen) atoms. The molecule has 106 valence electrons. The summed E-state index contributed by atoms with van der Waals surface area (Å²) in [5, 5.41) is 2.77. The standard InChI is InChI=1S/C14H18N4O2/c1-8-7-15-12(16-8)10(3)17-13(19)11-6-5-9(2)18(4)14(11)20/h5-7,10H,1-4H3,(H,15,16)(H,17,19). The van der Waals surface area contributed by atoms with Gasteiger partial charge in [-0.2, -0.15) is 0 Å². The van der Waals surface area contributed by atoms with Gasteiger partial charge in [-0.1, -0.05) is 0 Å². The van der Waals surface area contributed by atoms with E-state index in [1.165, 1.54) is 4.57 Å². The van der Waals surface area contributed by atoms with Gasteiger partial charge in [0, 0.05) is 24.6 Å². The normalized spacial score (nSPS) is 12.2. The van der Waals surface area contributed by atoms with Crippen molar-refractivity contribution >= 4 is 5.91 Å². The lowest BCUT2D eigenvalue weighted by molar-refractivity contribution is 0.0936. The molecule has 0 spiro atoms. The van der Waals surface area contributed by atoms with Crippen molar-refractivity contribution in [3.63, 3.8) is 0 Å². The molecule has 1 amide bonds. The number of hydrogen-bond donors (Lipinski definition) is 2. The summed E-state index contributed by atoms with van der Waals surface area (Å²) in [6.45, 7) is 5.52. The summed E-state index contributed by atoms with van der Waals surface area (Å²) < 4.78 is 1.45. The fourth-order valence-corrected chi connectivity index (χ4v) is 1.90. The Bertz CT molecular complexity index is 699. The first-order valence-corrected chi connectivity index (χ1v) is 6.39. The largest absolute Gasteiger partial charge is 0.344 e. The Morgan fingerprint density at radius 3 is 2.70 bits per heavy atom. The molecule has 0 aromatic carbocycles. The molecule has 2 aromatic rings. The summed E-state index contributed by atoms with van der Waals surface area (Å²) in [4.78, 5) is 31.4. The summed E-state index contributed by atoms with van der Waals surface area (Å²) in [5.41, 5.74) is 1.56. The number of aromatic amines is 1. The Morgan fingerprint density at radius 1 is 1.40 bits per heavy atom. The molecule has 0 fully saturated rings. The minimum atomic E-state index is -0.396. The van der Waals surface area contributed by atoms with Crippen LogP contribution in [0.15, 0.2) is 23.1 Å². The molecular formula is C14H18N4O2. The van der Waals surface area contributed by atoms with Gasteiger partial charge in [-0.05, 0) is 32.9 Å². The third-order valence-corrected chi connectivity index (χ3v) is 3.28. The first kappa shape index (κ1) is 14.0. The zero-order valence-corrected chi connectivity index (χ0v) is 12.0. The zero-order valence-electron chi connectivity index (χ0n) is 12.0. The number of rotatable bonds is 3. The maximum Gasteiger partial charge on any atom is 0.263 e. The molecular weight excluding hydrogens is 256 g/mol. The van der Waals surface area contributed by atoms with Crippen LogP contribution in [0.1, 0.15) is 40.5 Å². The van der Waals surface area contributed by atoms with Crippen molar-refractivity contribution in [2.75, 3.05) is 0 Å². The topological polar surface area (TPSA) is 79.8 Å². The van der Waals surface area contributed by atoms with Crippen molar-refractivity contribution in [1.82, 2.24) is 19.9 Å². The number of carbonyl (C=O) groups excluding carboxylic acids is 1. The van der Waals surface area contributed by atoms with Gasteiger partial charge in [-0.25, -0.2) is 4.98 Å². The number of pyridine rings is 1. The van der Waals surface area contributed by atoms with Crippen LogP contribution in [0.25, 0.3) is 0 Å². The highest BCUT2D eigenvalue weighted by Gasteiger charge is 2.17. The van der Waals surface area contributed by atoms with Crippen LogP contribution in [-0.2, 0) is 7.05 Å². The fraction of sp³-hybridized carbons (Fsp3) is 0.357. The molecule has 0 aliphatic carbocycles. The van der Waals surface area contributed by atoms with Gasteiger partial charge in [-0.15, -0.1) is 0 Å². The number of nitrogens with zero attached hydrogens (tertiary/aromatic N) is 2. The summed E-state index contributed by atoms with van der Waals surface area (Å²) in [7, 11) is 1.65. The predicted molar refractivity (Wildman–Crippen MR) is 75.6 cm³/mol. The average Bonchev–Trinajstić information content (AvgIpc) is 2.82.